The van der Waals surface area contributed by atoms with Crippen LogP contribution in [-0.2, 0) is 23.0 Å². The highest BCUT2D eigenvalue weighted by molar-refractivity contribution is 7.85. The van der Waals surface area contributed by atoms with Crippen LogP contribution >= 0.6 is 0 Å². The van der Waals surface area contributed by atoms with E-state index >= 15 is 0 Å². The maximum Gasteiger partial charge on any atom is 0.350 e. The number of benzene rings is 3. The Hall–Kier alpha value is -2.95. The van der Waals surface area contributed by atoms with E-state index in [9.17, 15) is 17.4 Å². The van der Waals surface area contributed by atoms with Gasteiger partial charge < -0.3 is 14.0 Å². The van der Waals surface area contributed by atoms with Gasteiger partial charge in [0.1, 0.15) is 38.6 Å². The number of hydrogen-bond donors (Lipinski definition) is 0. The highest BCUT2D eigenvalue weighted by Gasteiger charge is 2.36. The topological polar surface area (TPSA) is 75.7 Å². The third-order valence-corrected chi connectivity index (χ3v) is 21.0. The Kier molecular flexibility index (Phi) is 34.5. The van der Waals surface area contributed by atoms with E-state index in [0.717, 1.165) is 65.7 Å². The van der Waals surface area contributed by atoms with E-state index < -0.39 is 10.1 Å². The SMILES string of the molecule is C=C/C=C\C=C\[I+]c1c(C)c(C)c2c(c1C)CC[C@@](C)(CCCCCCCCCCCCCCCC)O2.CCCCCCCCCCCCCCCC[C@]1(C)CCc2c(C)c(F)c(C)c(C)c2O1.Cc1ccc(S(=O)(=O)[O-])cc1. The number of ether oxygens (including phenoxy) is 2. The first-order valence-electron chi connectivity index (χ1n) is 31.7. The molecule has 0 fully saturated rings. The Morgan fingerprint density at radius 2 is 0.886 bits per heavy atom. The highest BCUT2D eigenvalue weighted by Crippen LogP contribution is 2.43. The quantitative estimate of drug-likeness (QED) is 0.0254. The monoisotopic (exact) mass is 1220 g/mol. The zero-order valence-electron chi connectivity index (χ0n) is 52.2. The van der Waals surface area contributed by atoms with E-state index in [4.69, 9.17) is 9.47 Å². The van der Waals surface area contributed by atoms with Gasteiger partial charge in [-0.05, 0) is 154 Å². The van der Waals surface area contributed by atoms with Gasteiger partial charge in [0.25, 0.3) is 0 Å². The van der Waals surface area contributed by atoms with Crippen LogP contribution in [0.2, 0.25) is 0 Å². The molecule has 0 saturated carbocycles. The largest absolute Gasteiger partial charge is 0.744 e. The van der Waals surface area contributed by atoms with Gasteiger partial charge in [-0.15, -0.1) is 0 Å². The van der Waals surface area contributed by atoms with Crippen LogP contribution in [0.3, 0.4) is 0 Å². The molecule has 0 N–H and O–H groups in total. The van der Waals surface area contributed by atoms with Gasteiger partial charge in [-0.25, -0.2) is 12.8 Å². The normalized spacial score (nSPS) is 16.9. The van der Waals surface area contributed by atoms with Gasteiger partial charge in [0.15, 0.2) is 7.65 Å². The number of fused-ring (bicyclic) bond motifs is 2. The lowest BCUT2D eigenvalue weighted by atomic mass is 9.84. The van der Waals surface area contributed by atoms with Gasteiger partial charge >= 0.3 is 21.2 Å². The second kappa shape index (κ2) is 38.8. The van der Waals surface area contributed by atoms with E-state index in [1.165, 1.54) is 226 Å². The number of aryl methyl sites for hydroxylation is 1. The maximum absolute atomic E-state index is 14.4. The molecule has 0 bridgehead atoms. The minimum Gasteiger partial charge on any atom is -0.744 e. The summed E-state index contributed by atoms with van der Waals surface area (Å²) < 4.78 is 62.8. The molecule has 2 aliphatic heterocycles. The van der Waals surface area contributed by atoms with Gasteiger partial charge in [-0.2, -0.15) is 0 Å². The molecule has 0 unspecified atom stereocenters. The average molecular weight is 1220 g/mol. The molecular formula is C71H112FIO5S. The van der Waals surface area contributed by atoms with Gasteiger partial charge in [-0.1, -0.05) is 223 Å². The van der Waals surface area contributed by atoms with E-state index in [0.29, 0.717) is 0 Å². The van der Waals surface area contributed by atoms with E-state index in [-0.39, 0.29) is 43.1 Å². The van der Waals surface area contributed by atoms with Crippen LogP contribution in [0.25, 0.3) is 0 Å². The van der Waals surface area contributed by atoms with Crippen LogP contribution in [0.4, 0.5) is 4.39 Å². The lowest BCUT2D eigenvalue weighted by Crippen LogP contribution is -3.59. The Morgan fingerprint density at radius 3 is 1.27 bits per heavy atom. The molecule has 0 aromatic heterocycles. The van der Waals surface area contributed by atoms with Crippen molar-refractivity contribution in [2.24, 2.45) is 0 Å². The molecule has 446 valence electrons. The van der Waals surface area contributed by atoms with Crippen molar-refractivity contribution in [1.29, 1.82) is 0 Å². The third kappa shape index (κ3) is 26.0. The highest BCUT2D eigenvalue weighted by atomic mass is 127. The van der Waals surface area contributed by atoms with Crippen molar-refractivity contribution in [3.63, 3.8) is 0 Å². The van der Waals surface area contributed by atoms with Crippen molar-refractivity contribution in [2.75, 3.05) is 0 Å². The number of rotatable bonds is 35. The minimum atomic E-state index is -4.27. The Morgan fingerprint density at radius 1 is 0.519 bits per heavy atom. The number of unbranched alkanes of at least 4 members (excludes halogenated alkanes) is 26. The fourth-order valence-electron chi connectivity index (χ4n) is 11.4. The molecule has 5 nitrogen and oxygen atoms in total. The molecule has 0 saturated heterocycles. The molecule has 2 atom stereocenters. The molecule has 0 radical (unpaired) electrons. The van der Waals surface area contributed by atoms with Gasteiger partial charge in [-0.3, -0.25) is 0 Å². The predicted molar refractivity (Wildman–Crippen MR) is 332 cm³/mol. The lowest BCUT2D eigenvalue weighted by molar-refractivity contribution is -0.558. The molecule has 79 heavy (non-hydrogen) atoms. The van der Waals surface area contributed by atoms with Gasteiger partial charge in [0, 0.05) is 22.3 Å². The van der Waals surface area contributed by atoms with Crippen molar-refractivity contribution in [3.05, 3.63) is 119 Å². The first-order valence-corrected chi connectivity index (χ1v) is 35.4. The van der Waals surface area contributed by atoms with Gasteiger partial charge in [0.2, 0.25) is 0 Å². The van der Waals surface area contributed by atoms with Crippen LogP contribution in [-0.4, -0.2) is 24.2 Å². The third-order valence-electron chi connectivity index (χ3n) is 17.1. The Balaban J connectivity index is 0.000000351. The van der Waals surface area contributed by atoms with E-state index in [1.54, 1.807) is 15.7 Å². The molecule has 3 aromatic rings. The average Bonchev–Trinajstić information content (AvgIpc) is 3.43. The van der Waals surface area contributed by atoms with Crippen LogP contribution in [0.15, 0.2) is 64.1 Å². The number of halogens is 2. The molecule has 3 aromatic carbocycles. The Bertz CT molecular complexity index is 2390. The van der Waals surface area contributed by atoms with Crippen molar-refractivity contribution in [3.8, 4) is 11.5 Å². The number of allylic oxidation sites excluding steroid dienone is 4. The summed E-state index contributed by atoms with van der Waals surface area (Å²) in [5, 5.41) is 0. The number of hydrogen-bond acceptors (Lipinski definition) is 5. The van der Waals surface area contributed by atoms with Crippen molar-refractivity contribution >= 4 is 10.1 Å². The fourth-order valence-corrected chi connectivity index (χ4v) is 14.4. The van der Waals surface area contributed by atoms with Crippen molar-refractivity contribution in [2.45, 2.75) is 311 Å². The van der Waals surface area contributed by atoms with E-state index in [1.807, 2.05) is 39.8 Å². The summed E-state index contributed by atoms with van der Waals surface area (Å²) in [5.41, 5.74) is 10.2. The van der Waals surface area contributed by atoms with Crippen LogP contribution in [0.5, 0.6) is 11.5 Å². The molecular weight excluding hydrogens is 1110 g/mol. The smallest absolute Gasteiger partial charge is 0.350 e. The maximum atomic E-state index is 14.4. The second-order valence-corrected chi connectivity index (χ2v) is 27.9. The summed E-state index contributed by atoms with van der Waals surface area (Å²) in [6, 6.07) is 5.78. The molecule has 2 heterocycles. The summed E-state index contributed by atoms with van der Waals surface area (Å²) in [6.07, 6.45) is 53.9. The van der Waals surface area contributed by atoms with Crippen LogP contribution in [0.1, 0.15) is 283 Å². The zero-order chi connectivity index (χ0) is 58.1. The van der Waals surface area contributed by atoms with Crippen LogP contribution < -0.4 is 30.7 Å². The van der Waals surface area contributed by atoms with Crippen molar-refractivity contribution in [1.82, 2.24) is 0 Å². The molecule has 0 aliphatic carbocycles. The summed E-state index contributed by atoms with van der Waals surface area (Å²) in [5.74, 6) is 2.13. The fraction of sp³-hybridized carbons (Fsp3) is 0.662. The predicted octanol–water partition coefficient (Wildman–Crippen LogP) is 18.7. The van der Waals surface area contributed by atoms with Gasteiger partial charge in [0.05, 0.1) is 4.90 Å². The first-order chi connectivity index (χ1) is 37.8. The molecule has 0 spiro atoms. The summed E-state index contributed by atoms with van der Waals surface area (Å²) in [7, 11) is -4.27. The summed E-state index contributed by atoms with van der Waals surface area (Å²) in [4.78, 5) is -0.178. The molecule has 2 aliphatic rings. The van der Waals surface area contributed by atoms with E-state index in [2.05, 4.69) is 71.3 Å². The van der Waals surface area contributed by atoms with Crippen molar-refractivity contribution < 1.29 is 48.0 Å². The summed E-state index contributed by atoms with van der Waals surface area (Å²) >= 11 is -0.140. The standard InChI is InChI=1S/C35H56IO.C29H49FO.C7H8O3S/c1-7-9-11-13-14-15-16-17-18-19-20-21-22-23-26-35(6)27-25-32-31(5)33(36-28-24-12-10-8-2)29(3)30(4)34(32)37-35;1-6-7-8-9-10-11-12-13-14-15-16-17-18-19-21-29(5)22-20-26-25(4)27(30)23(2)24(3)28(26)31-29;1-6-2-4-7(5-3-6)11(8,9)10/h8,10,12,24,28H,2,7,9,11,13-23,25-27H2,1,3-6H3;6-22H2,1-5H3;2-5H,1H3,(H,8,9,10)/q+1;;/p-1/b12-10-,28-24+;;/t35-;29-;/m11./s1. The zero-order valence-corrected chi connectivity index (χ0v) is 55.1. The minimum absolute atomic E-state index is 0.000275. The molecule has 5 rings (SSSR count). The molecule has 0 amide bonds. The summed E-state index contributed by atoms with van der Waals surface area (Å²) in [6.45, 7) is 27.5. The van der Waals surface area contributed by atoms with Crippen LogP contribution in [0, 0.1) is 57.9 Å². The second-order valence-electron chi connectivity index (χ2n) is 24.1. The first kappa shape index (κ1) is 70.3. The lowest BCUT2D eigenvalue weighted by Gasteiger charge is -2.38. The molecule has 8 heteroatoms. The Labute approximate surface area is 495 Å².